The van der Waals surface area contributed by atoms with E-state index < -0.39 is 0 Å². The Morgan fingerprint density at radius 3 is 0.895 bits per heavy atom. The largest absolute Gasteiger partial charge is 0.497 e. The summed E-state index contributed by atoms with van der Waals surface area (Å²) in [6.07, 6.45) is 64.2. The molecule has 0 aliphatic carbocycles. The normalized spacial score (nSPS) is 19.0. The highest BCUT2D eigenvalue weighted by molar-refractivity contribution is 5.60. The third-order valence-corrected chi connectivity index (χ3v) is 26.4. The Morgan fingerprint density at radius 2 is 0.556 bits per heavy atom. The van der Waals surface area contributed by atoms with E-state index in [0.717, 1.165) is 226 Å². The molecule has 4 aromatic rings. The summed E-state index contributed by atoms with van der Waals surface area (Å²) in [7, 11) is 6.99. The number of hydrogen-bond acceptors (Lipinski definition) is 8. The average Bonchev–Trinajstić information content (AvgIpc) is 0.789. The van der Waals surface area contributed by atoms with Gasteiger partial charge in [0.05, 0.1) is 28.4 Å². The van der Waals surface area contributed by atoms with Gasteiger partial charge in [0, 0.05) is 11.1 Å². The van der Waals surface area contributed by atoms with E-state index >= 15 is 0 Å². The lowest BCUT2D eigenvalue weighted by Gasteiger charge is -2.38. The van der Waals surface area contributed by atoms with E-state index in [1.807, 2.05) is 0 Å². The summed E-state index contributed by atoms with van der Waals surface area (Å²) in [6, 6.07) is 8.47. The van der Waals surface area contributed by atoms with Gasteiger partial charge in [-0.05, 0) is 479 Å². The Kier molecular flexibility index (Phi) is 45.7. The van der Waals surface area contributed by atoms with Crippen molar-refractivity contribution >= 4 is 0 Å². The summed E-state index contributed by atoms with van der Waals surface area (Å²) in [5.41, 5.74) is 32.2. The summed E-state index contributed by atoms with van der Waals surface area (Å²) in [6.45, 7) is 61.7. The van der Waals surface area contributed by atoms with Crippen LogP contribution < -0.4 is 37.9 Å². The minimum Gasteiger partial charge on any atom is -0.497 e. The zero-order valence-corrected chi connectivity index (χ0v) is 85.1. The summed E-state index contributed by atoms with van der Waals surface area (Å²) in [5.74, 6) is 8.24. The van der Waals surface area contributed by atoms with Gasteiger partial charge in [-0.2, -0.15) is 0 Å². The van der Waals surface area contributed by atoms with Gasteiger partial charge in [0.2, 0.25) is 0 Å². The SMILES string of the molecule is COc1c(C)c(C)c2c(c1C)CCC(C)(CCC=C(C)CCC=C(C)CCC=C(C)C)O2.COc1cc(C)c2c(c1)CCC(C)(CCC=C(C)CCC=C(C)CCC=C(C)C)O2.COc1cc(C)c2c(c1C)CCC(C)(CCC=C(C)CCC=C(C)CCC=C(C)C)O2.COc1cc2c(c(C)c1C)OC(C)(CCC=C(C)CCC=C(C)CCC=C(C)C)CC2. The van der Waals surface area contributed by atoms with Gasteiger partial charge in [0.1, 0.15) is 68.4 Å². The molecule has 0 radical (unpaired) electrons. The van der Waals surface area contributed by atoms with Crippen LogP contribution in [0.15, 0.2) is 164 Å². The maximum absolute atomic E-state index is 6.66. The standard InChI is InChI=1S/C30H46O2.2C29H44O2.C28H42O2/c1-21(2)13-10-14-22(3)15-11-16-23(4)17-12-19-30(8)20-18-27-26(7)28(31-9)24(5)25(6)29(27)32-30;1-21(2)12-9-13-22(3)14-10-15-23(4)16-11-18-29(7)19-17-26-20-27(30-8)24(5)25(6)28(26)31-29;1-21(2)12-9-13-22(3)14-10-15-23(4)16-11-18-29(7)19-17-26-25(6)27(30-8)20-24(5)28(26)31-29;1-21(2)11-8-12-22(3)13-9-14-23(4)15-10-17-28(6)18-16-25-20-26(29-7)19-24(5)27(25)30-28/h13,15,17H,10-12,14,16,18-20H2,1-9H3;2*12,14,16,20H,9-11,13,15,17-19H2,1-8H3;11,13,15,19-20H,8-10,12,14,16-18H2,1-7H3. The molecule has 0 bridgehead atoms. The van der Waals surface area contributed by atoms with Crippen molar-refractivity contribution in [2.75, 3.05) is 28.4 Å². The second-order valence-corrected chi connectivity index (χ2v) is 39.5. The minimum atomic E-state index is -0.0938. The molecule has 0 amide bonds. The van der Waals surface area contributed by atoms with Crippen molar-refractivity contribution in [1.82, 2.24) is 0 Å². The molecular weight excluding hydrogens is 1520 g/mol. The molecule has 4 unspecified atom stereocenters. The van der Waals surface area contributed by atoms with Crippen molar-refractivity contribution in [2.45, 2.75) is 422 Å². The molecule has 4 atom stereocenters. The first-order valence-corrected chi connectivity index (χ1v) is 47.8. The van der Waals surface area contributed by atoms with Crippen LogP contribution in [0.2, 0.25) is 0 Å². The lowest BCUT2D eigenvalue weighted by molar-refractivity contribution is 0.0556. The number of benzene rings is 4. The molecule has 0 spiro atoms. The van der Waals surface area contributed by atoms with Crippen molar-refractivity contribution < 1.29 is 37.9 Å². The fourth-order valence-electron chi connectivity index (χ4n) is 17.5. The maximum Gasteiger partial charge on any atom is 0.127 e. The fraction of sp³-hybridized carbons (Fsp3) is 0.586. The molecule has 0 saturated carbocycles. The topological polar surface area (TPSA) is 73.8 Å². The summed E-state index contributed by atoms with van der Waals surface area (Å²) >= 11 is 0. The molecule has 8 nitrogen and oxygen atoms in total. The third-order valence-electron chi connectivity index (χ3n) is 26.4. The number of allylic oxidation sites excluding steroid dienone is 24. The molecule has 124 heavy (non-hydrogen) atoms. The maximum atomic E-state index is 6.66. The predicted molar refractivity (Wildman–Crippen MR) is 538 cm³/mol. The van der Waals surface area contributed by atoms with E-state index in [1.165, 1.54) is 159 Å². The monoisotopic (exact) mass is 1700 g/mol. The van der Waals surface area contributed by atoms with Crippen LogP contribution in [0.3, 0.4) is 0 Å². The molecule has 8 heteroatoms. The van der Waals surface area contributed by atoms with Crippen LogP contribution in [0, 0.1) is 55.4 Å². The first-order valence-electron chi connectivity index (χ1n) is 47.8. The minimum absolute atomic E-state index is 0.0788. The summed E-state index contributed by atoms with van der Waals surface area (Å²) < 4.78 is 48.5. The van der Waals surface area contributed by atoms with E-state index in [2.05, 4.69) is 291 Å². The molecule has 8 rings (SSSR count). The number of rotatable bonds is 40. The molecule has 0 aromatic heterocycles. The summed E-state index contributed by atoms with van der Waals surface area (Å²) in [4.78, 5) is 0. The van der Waals surface area contributed by atoms with Crippen molar-refractivity contribution in [2.24, 2.45) is 0 Å². The van der Waals surface area contributed by atoms with Crippen LogP contribution in [0.5, 0.6) is 46.0 Å². The molecule has 688 valence electrons. The van der Waals surface area contributed by atoms with E-state index in [9.17, 15) is 0 Å². The van der Waals surface area contributed by atoms with Crippen molar-refractivity contribution in [3.8, 4) is 46.0 Å². The molecule has 4 aromatic carbocycles. The highest BCUT2D eigenvalue weighted by Crippen LogP contribution is 2.48. The van der Waals surface area contributed by atoms with Gasteiger partial charge in [0.25, 0.3) is 0 Å². The van der Waals surface area contributed by atoms with Crippen LogP contribution in [0.25, 0.3) is 0 Å². The van der Waals surface area contributed by atoms with Crippen molar-refractivity contribution in [3.05, 3.63) is 231 Å². The number of aryl methyl sites for hydroxylation is 4. The first-order chi connectivity index (χ1) is 58.6. The lowest BCUT2D eigenvalue weighted by atomic mass is 9.85. The zero-order chi connectivity index (χ0) is 92.1. The van der Waals surface area contributed by atoms with Gasteiger partial charge in [-0.15, -0.1) is 0 Å². The van der Waals surface area contributed by atoms with Crippen molar-refractivity contribution in [3.63, 3.8) is 0 Å². The van der Waals surface area contributed by atoms with Gasteiger partial charge < -0.3 is 37.9 Å². The van der Waals surface area contributed by atoms with E-state index in [0.29, 0.717) is 0 Å². The summed E-state index contributed by atoms with van der Waals surface area (Å²) in [5, 5.41) is 0. The smallest absolute Gasteiger partial charge is 0.127 e. The Hall–Kier alpha value is -7.84. The molecule has 4 aliphatic rings. The first kappa shape index (κ1) is 107. The third kappa shape index (κ3) is 36.5. The molecule has 4 heterocycles. The van der Waals surface area contributed by atoms with E-state index in [4.69, 9.17) is 37.9 Å². The van der Waals surface area contributed by atoms with Gasteiger partial charge in [-0.25, -0.2) is 0 Å². The fourth-order valence-corrected chi connectivity index (χ4v) is 17.5. The van der Waals surface area contributed by atoms with Gasteiger partial charge >= 0.3 is 0 Å². The Balaban J connectivity index is 0.000000294. The van der Waals surface area contributed by atoms with Crippen LogP contribution in [0.4, 0.5) is 0 Å². The molecule has 0 N–H and O–H groups in total. The quantitative estimate of drug-likeness (QED) is 0.0408. The number of methoxy groups -OCH3 is 4. The molecular formula is C116H176O8. The second kappa shape index (κ2) is 53.1. The van der Waals surface area contributed by atoms with Crippen LogP contribution in [-0.4, -0.2) is 50.8 Å². The van der Waals surface area contributed by atoms with Crippen LogP contribution >= 0.6 is 0 Å². The molecule has 0 fully saturated rings. The molecule has 0 saturated heterocycles. The average molecular weight is 1700 g/mol. The van der Waals surface area contributed by atoms with Crippen LogP contribution in [0.1, 0.15) is 385 Å². The Morgan fingerprint density at radius 1 is 0.274 bits per heavy atom. The van der Waals surface area contributed by atoms with Gasteiger partial charge in [-0.3, -0.25) is 0 Å². The number of fused-ring (bicyclic) bond motifs is 4. The van der Waals surface area contributed by atoms with Crippen molar-refractivity contribution in [1.29, 1.82) is 0 Å². The highest BCUT2D eigenvalue weighted by Gasteiger charge is 2.38. The second-order valence-electron chi connectivity index (χ2n) is 39.5. The Labute approximate surface area is 760 Å². The number of ether oxygens (including phenoxy) is 8. The number of hydrogen-bond donors (Lipinski definition) is 0. The lowest BCUT2D eigenvalue weighted by Crippen LogP contribution is -2.37. The Bertz CT molecular complexity index is 4410. The zero-order valence-electron chi connectivity index (χ0n) is 85.1. The van der Waals surface area contributed by atoms with E-state index in [-0.39, 0.29) is 22.4 Å². The predicted octanol–water partition coefficient (Wildman–Crippen LogP) is 34.4. The van der Waals surface area contributed by atoms with Gasteiger partial charge in [0.15, 0.2) is 0 Å². The highest BCUT2D eigenvalue weighted by atomic mass is 16.5. The van der Waals surface area contributed by atoms with Crippen LogP contribution in [-0.2, 0) is 25.7 Å². The van der Waals surface area contributed by atoms with Gasteiger partial charge in [-0.1, -0.05) is 140 Å². The molecule has 4 aliphatic heterocycles. The van der Waals surface area contributed by atoms with E-state index in [1.54, 1.807) is 28.4 Å².